The van der Waals surface area contributed by atoms with Crippen LogP contribution >= 0.6 is 13.7 Å². The molecule has 0 radical (unpaired) electrons. The van der Waals surface area contributed by atoms with Crippen LogP contribution in [0.15, 0.2) is 237 Å². The first-order valence-electron chi connectivity index (χ1n) is 23.9. The minimum absolute atomic E-state index is 0.106. The zero-order chi connectivity index (χ0) is 55.4. The number of hydrogen-bond donors (Lipinski definition) is 0. The van der Waals surface area contributed by atoms with Crippen LogP contribution in [0.25, 0.3) is 0 Å². The van der Waals surface area contributed by atoms with Crippen molar-refractivity contribution < 1.29 is 67.0 Å². The van der Waals surface area contributed by atoms with Gasteiger partial charge in [0.1, 0.15) is 0 Å². The third kappa shape index (κ3) is 10.2. The first-order valence-corrected chi connectivity index (χ1v) is 28.6. The molecule has 0 bridgehead atoms. The van der Waals surface area contributed by atoms with Gasteiger partial charge in [-0.2, -0.15) is 0 Å². The normalized spacial score (nSPS) is 13.1. The standard InChI is InChI=1S/C60H43BF10O5P2/c62-44-31-33-53(55(64)38-44)57(72)40-77(47-19-7-1-8-20-47,48-21-9-2-10-22-48,49-23-11-3-12-24-49)75-61(74-46-36-42(59(66,67)68)35-43(37-46)60(69,70)71)76-78(50-25-13-4-14-26-50,51-27-15-5-16-28-51,52-29-17-6-18-30-52)41-58(73)54-34-32-45(63)39-56(54)65/h1-39H,40-41H2. The number of carbonyl (C=O) groups is 2. The summed E-state index contributed by atoms with van der Waals surface area (Å²) < 4.78 is 173. The molecule has 0 unspecified atom stereocenters. The quantitative estimate of drug-likeness (QED) is 0.0371. The number of carbonyl (C=O) groups excluding carboxylic acids is 2. The molecular weight excluding hydrogens is 1060 g/mol. The Balaban J connectivity index is 1.48. The molecule has 0 saturated heterocycles. The Bertz CT molecular complexity index is 3170. The molecule has 0 spiro atoms. The molecule has 78 heavy (non-hydrogen) atoms. The first-order chi connectivity index (χ1) is 37.3. The van der Waals surface area contributed by atoms with Crippen molar-refractivity contribution in [3.63, 3.8) is 0 Å². The van der Waals surface area contributed by atoms with Gasteiger partial charge >= 0.3 is 444 Å². The van der Waals surface area contributed by atoms with E-state index in [1.54, 1.807) is 182 Å². The summed E-state index contributed by atoms with van der Waals surface area (Å²) in [6, 6.07) is 52.7. The molecule has 0 amide bonds. The molecule has 0 heterocycles. The molecule has 5 nitrogen and oxygen atoms in total. The number of ketones is 2. The Kier molecular flexibility index (Phi) is 15.2. The van der Waals surface area contributed by atoms with E-state index in [1.807, 2.05) is 0 Å². The van der Waals surface area contributed by atoms with Crippen LogP contribution in [0.3, 0.4) is 0 Å². The average Bonchev–Trinajstić information content (AvgIpc) is 3.05. The van der Waals surface area contributed by atoms with Gasteiger partial charge in [0.15, 0.2) is 0 Å². The average molecular weight is 1110 g/mol. The molecular formula is C60H43BF10O5P2. The van der Waals surface area contributed by atoms with Crippen molar-refractivity contribution in [2.24, 2.45) is 0 Å². The van der Waals surface area contributed by atoms with E-state index in [-0.39, 0.29) is 37.9 Å². The Morgan fingerprint density at radius 2 is 0.641 bits per heavy atom. The van der Waals surface area contributed by atoms with Crippen molar-refractivity contribution in [2.45, 2.75) is 12.4 Å². The van der Waals surface area contributed by atoms with E-state index < -0.39 is 108 Å². The molecule has 9 rings (SSSR count). The zero-order valence-corrected chi connectivity index (χ0v) is 42.5. The van der Waals surface area contributed by atoms with Crippen LogP contribution in [-0.4, -0.2) is 31.2 Å². The Morgan fingerprint density at radius 3 is 0.885 bits per heavy atom. The molecule has 0 aliphatic rings. The summed E-state index contributed by atoms with van der Waals surface area (Å²) in [4.78, 5) is 31.0. The molecule has 9 aromatic rings. The third-order valence-corrected chi connectivity index (χ3v) is 25.0. The molecule has 0 saturated carbocycles. The van der Waals surface area contributed by atoms with E-state index in [2.05, 4.69) is 0 Å². The summed E-state index contributed by atoms with van der Waals surface area (Å²) in [5.41, 5.74) is -4.83. The van der Waals surface area contributed by atoms with Crippen LogP contribution < -0.4 is 36.5 Å². The predicted octanol–water partition coefficient (Wildman–Crippen LogP) is 13.3. The molecule has 9 aromatic carbocycles. The minimum atomic E-state index is -5.66. The Labute approximate surface area is 442 Å². The van der Waals surface area contributed by atoms with Gasteiger partial charge in [-0.15, -0.1) is 0 Å². The predicted molar refractivity (Wildman–Crippen MR) is 286 cm³/mol. The van der Waals surface area contributed by atoms with Crippen molar-refractivity contribution in [2.75, 3.05) is 12.3 Å². The van der Waals surface area contributed by atoms with E-state index in [1.165, 1.54) is 0 Å². The van der Waals surface area contributed by atoms with E-state index in [4.69, 9.17) is 13.5 Å². The molecule has 396 valence electrons. The maximum atomic E-state index is 16.2. The number of rotatable bonds is 18. The summed E-state index contributed by atoms with van der Waals surface area (Å²) in [5.74, 6) is -7.71. The zero-order valence-electron chi connectivity index (χ0n) is 40.7. The van der Waals surface area contributed by atoms with Gasteiger partial charge < -0.3 is 0 Å². The second-order valence-corrected chi connectivity index (χ2v) is 27.2. The van der Waals surface area contributed by atoms with Gasteiger partial charge in [-0.3, -0.25) is 0 Å². The molecule has 0 aliphatic carbocycles. The monoisotopic (exact) mass is 1110 g/mol. The Morgan fingerprint density at radius 1 is 0.372 bits per heavy atom. The summed E-state index contributed by atoms with van der Waals surface area (Å²) in [6.45, 7) is -11.3. The van der Waals surface area contributed by atoms with Gasteiger partial charge in [-0.25, -0.2) is 0 Å². The van der Waals surface area contributed by atoms with Gasteiger partial charge in [-0.05, 0) is 0 Å². The molecule has 0 aromatic heterocycles. The van der Waals surface area contributed by atoms with E-state index in [0.29, 0.717) is 24.3 Å². The third-order valence-electron chi connectivity index (χ3n) is 13.6. The topological polar surface area (TPSA) is 61.8 Å². The second-order valence-electron chi connectivity index (χ2n) is 18.2. The summed E-state index contributed by atoms with van der Waals surface area (Å²) >= 11 is 0. The number of hydrogen-bond acceptors (Lipinski definition) is 5. The first kappa shape index (κ1) is 55.0. The second kappa shape index (κ2) is 21.6. The maximum absolute atomic E-state index is 16.2. The number of alkyl halides is 6. The van der Waals surface area contributed by atoms with E-state index >= 15 is 18.4 Å². The summed E-state index contributed by atoms with van der Waals surface area (Å²) in [5, 5.41) is 0.988. The van der Waals surface area contributed by atoms with Crippen LogP contribution in [-0.2, 0) is 21.2 Å². The van der Waals surface area contributed by atoms with E-state index in [0.717, 1.165) is 24.3 Å². The van der Waals surface area contributed by atoms with Gasteiger partial charge in [-0.1, -0.05) is 0 Å². The van der Waals surface area contributed by atoms with Crippen molar-refractivity contribution in [1.82, 2.24) is 0 Å². The molecule has 0 atom stereocenters. The van der Waals surface area contributed by atoms with Gasteiger partial charge in [0.05, 0.1) is 0 Å². The number of halogens is 10. The fourth-order valence-electron chi connectivity index (χ4n) is 10.0. The number of benzene rings is 9. The van der Waals surface area contributed by atoms with E-state index in [9.17, 15) is 35.1 Å². The van der Waals surface area contributed by atoms with Crippen LogP contribution in [0.1, 0.15) is 31.8 Å². The van der Waals surface area contributed by atoms with Gasteiger partial charge in [0.25, 0.3) is 0 Å². The van der Waals surface area contributed by atoms with Crippen LogP contribution in [0.2, 0.25) is 0 Å². The number of Topliss-reactive ketones (excluding diaryl/α,β-unsaturated/α-hetero) is 2. The fourth-order valence-corrected chi connectivity index (χ4v) is 21.1. The molecule has 0 aliphatic heterocycles. The molecule has 0 fully saturated rings. The van der Waals surface area contributed by atoms with Crippen molar-refractivity contribution >= 4 is 64.4 Å². The molecule has 0 N–H and O–H groups in total. The fraction of sp³-hybridized carbons (Fsp3) is 0.0667. The van der Waals surface area contributed by atoms with Gasteiger partial charge in [0, 0.05) is 0 Å². The Hall–Kier alpha value is -7.74. The van der Waals surface area contributed by atoms with Crippen molar-refractivity contribution in [1.29, 1.82) is 0 Å². The SMILES string of the molecule is O=C(CP(OB(Oc1cc(C(F)(F)F)cc(C(F)(F)F)c1)OP(CC(=O)c1ccc(F)cc1F)(c1ccccc1)(c1ccccc1)c1ccccc1)(c1ccccc1)(c1ccccc1)c1ccccc1)c1ccc(F)cc1F. The van der Waals surface area contributed by atoms with Gasteiger partial charge in [0.2, 0.25) is 0 Å². The summed E-state index contributed by atoms with van der Waals surface area (Å²) in [7, 11) is -2.68. The summed E-state index contributed by atoms with van der Waals surface area (Å²) in [6.07, 6.45) is -12.6. The van der Waals surface area contributed by atoms with Crippen LogP contribution in [0, 0.1) is 23.3 Å². The van der Waals surface area contributed by atoms with Crippen molar-refractivity contribution in [3.05, 3.63) is 282 Å². The van der Waals surface area contributed by atoms with Crippen LogP contribution in [0.5, 0.6) is 5.75 Å². The van der Waals surface area contributed by atoms with Crippen molar-refractivity contribution in [3.8, 4) is 5.75 Å². The van der Waals surface area contributed by atoms with Crippen LogP contribution in [0.4, 0.5) is 43.9 Å². The molecule has 18 heteroatoms.